The quantitative estimate of drug-likeness (QED) is 0.441. The van der Waals surface area contributed by atoms with E-state index in [0.29, 0.717) is 0 Å². The molecule has 0 bridgehead atoms. The number of allylic oxidation sites excluding steroid dienone is 2. The lowest BCUT2D eigenvalue weighted by molar-refractivity contribution is -0.117. The Morgan fingerprint density at radius 3 is 2.17 bits per heavy atom. The van der Waals surface area contributed by atoms with Crippen LogP contribution in [0.4, 0.5) is 11.4 Å². The van der Waals surface area contributed by atoms with Crippen molar-refractivity contribution in [2.45, 2.75) is 4.90 Å². The van der Waals surface area contributed by atoms with Crippen molar-refractivity contribution in [1.29, 1.82) is 0 Å². The molecular formula is C20H19N3O5S. The van der Waals surface area contributed by atoms with Crippen LogP contribution in [0.3, 0.4) is 0 Å². The van der Waals surface area contributed by atoms with Crippen molar-refractivity contribution in [2.24, 2.45) is 0 Å². The zero-order valence-electron chi connectivity index (χ0n) is 15.7. The van der Waals surface area contributed by atoms with Gasteiger partial charge in [0.2, 0.25) is 0 Å². The van der Waals surface area contributed by atoms with Gasteiger partial charge in [-0.15, -0.1) is 0 Å². The fourth-order valence-electron chi connectivity index (χ4n) is 2.67. The molecule has 1 heterocycles. The molecule has 1 aliphatic heterocycles. The van der Waals surface area contributed by atoms with Crippen molar-refractivity contribution in [3.05, 3.63) is 71.8 Å². The minimum Gasteiger partial charge on any atom is -0.378 e. The Labute approximate surface area is 168 Å². The van der Waals surface area contributed by atoms with Crippen molar-refractivity contribution in [3.63, 3.8) is 0 Å². The van der Waals surface area contributed by atoms with Crippen LogP contribution in [0.5, 0.6) is 0 Å². The number of nitrogens with one attached hydrogen (secondary N) is 1. The molecule has 0 aliphatic carbocycles. The van der Waals surface area contributed by atoms with Crippen molar-refractivity contribution in [1.82, 2.24) is 5.43 Å². The van der Waals surface area contributed by atoms with Gasteiger partial charge in [0.15, 0.2) is 0 Å². The molecule has 9 heteroatoms. The number of rotatable bonds is 5. The summed E-state index contributed by atoms with van der Waals surface area (Å²) in [5.41, 5.74) is 4.61. The Hall–Kier alpha value is -3.43. The van der Waals surface area contributed by atoms with Gasteiger partial charge < -0.3 is 4.90 Å². The summed E-state index contributed by atoms with van der Waals surface area (Å²) in [4.78, 5) is 26.3. The van der Waals surface area contributed by atoms with Gasteiger partial charge >= 0.3 is 0 Å². The van der Waals surface area contributed by atoms with E-state index in [-0.39, 0.29) is 16.2 Å². The summed E-state index contributed by atoms with van der Waals surface area (Å²) in [6, 6.07) is 12.7. The van der Waals surface area contributed by atoms with E-state index in [2.05, 4.69) is 5.43 Å². The summed E-state index contributed by atoms with van der Waals surface area (Å²) in [5.74, 6) is -1.14. The first-order valence-electron chi connectivity index (χ1n) is 8.55. The zero-order chi connectivity index (χ0) is 21.2. The Morgan fingerprint density at radius 2 is 1.62 bits per heavy atom. The minimum atomic E-state index is -4.34. The number of hydrazine groups is 1. The normalized spacial score (nSPS) is 16.0. The molecule has 0 unspecified atom stereocenters. The van der Waals surface area contributed by atoms with Crippen LogP contribution in [-0.2, 0) is 19.7 Å². The van der Waals surface area contributed by atoms with E-state index in [0.717, 1.165) is 28.4 Å². The average Bonchev–Trinajstić information content (AvgIpc) is 2.96. The third kappa shape index (κ3) is 4.53. The van der Waals surface area contributed by atoms with Crippen molar-refractivity contribution in [2.75, 3.05) is 24.0 Å². The maximum absolute atomic E-state index is 12.5. The molecule has 2 aromatic rings. The van der Waals surface area contributed by atoms with Gasteiger partial charge in [-0.05, 0) is 48.0 Å². The van der Waals surface area contributed by atoms with Crippen LogP contribution in [0.15, 0.2) is 71.2 Å². The van der Waals surface area contributed by atoms with E-state index in [4.69, 9.17) is 4.55 Å². The van der Waals surface area contributed by atoms with E-state index in [1.807, 2.05) is 43.3 Å². The topological polar surface area (TPSA) is 107 Å². The van der Waals surface area contributed by atoms with E-state index in [1.165, 1.54) is 18.2 Å². The lowest BCUT2D eigenvalue weighted by Crippen LogP contribution is -2.35. The third-order valence-corrected chi connectivity index (χ3v) is 5.11. The van der Waals surface area contributed by atoms with Crippen LogP contribution in [0.2, 0.25) is 0 Å². The van der Waals surface area contributed by atoms with Crippen LogP contribution < -0.4 is 15.3 Å². The number of hydrogen-bond donors (Lipinski definition) is 2. The molecule has 0 spiro atoms. The third-order valence-electron chi connectivity index (χ3n) is 4.25. The minimum absolute atomic E-state index is 0.0509. The highest BCUT2D eigenvalue weighted by Crippen LogP contribution is 2.22. The number of amides is 2. The van der Waals surface area contributed by atoms with Crippen LogP contribution in [0.25, 0.3) is 6.08 Å². The largest absolute Gasteiger partial charge is 0.378 e. The molecule has 1 saturated heterocycles. The molecule has 150 valence electrons. The van der Waals surface area contributed by atoms with Gasteiger partial charge in [-0.25, -0.2) is 5.01 Å². The fraction of sp³-hybridized carbons (Fsp3) is 0.100. The Balaban J connectivity index is 1.76. The molecule has 0 atom stereocenters. The first kappa shape index (κ1) is 20.3. The van der Waals surface area contributed by atoms with Crippen LogP contribution in [0.1, 0.15) is 5.56 Å². The monoisotopic (exact) mass is 413 g/mol. The molecule has 29 heavy (non-hydrogen) atoms. The van der Waals surface area contributed by atoms with Gasteiger partial charge in [0, 0.05) is 19.8 Å². The molecule has 1 fully saturated rings. The van der Waals surface area contributed by atoms with Crippen LogP contribution >= 0.6 is 0 Å². The molecular weight excluding hydrogens is 394 g/mol. The Morgan fingerprint density at radius 1 is 1.00 bits per heavy atom. The number of benzene rings is 2. The summed E-state index contributed by atoms with van der Waals surface area (Å²) in [7, 11) is -0.446. The van der Waals surface area contributed by atoms with E-state index in [9.17, 15) is 18.0 Å². The van der Waals surface area contributed by atoms with Gasteiger partial charge in [0.25, 0.3) is 21.9 Å². The fourth-order valence-corrected chi connectivity index (χ4v) is 3.15. The van der Waals surface area contributed by atoms with E-state index < -0.39 is 21.9 Å². The Bertz CT molecular complexity index is 1100. The van der Waals surface area contributed by atoms with Crippen LogP contribution in [0, 0.1) is 0 Å². The molecule has 0 aromatic heterocycles. The summed E-state index contributed by atoms with van der Waals surface area (Å²) < 4.78 is 31.2. The second-order valence-corrected chi connectivity index (χ2v) is 7.90. The van der Waals surface area contributed by atoms with Crippen molar-refractivity contribution in [3.8, 4) is 0 Å². The first-order valence-corrected chi connectivity index (χ1v) is 9.99. The predicted octanol–water partition coefficient (Wildman–Crippen LogP) is 2.02. The summed E-state index contributed by atoms with van der Waals surface area (Å²) in [6.45, 7) is 0. The molecule has 2 N–H and O–H groups in total. The lowest BCUT2D eigenvalue weighted by Gasteiger charge is -2.14. The van der Waals surface area contributed by atoms with Crippen molar-refractivity contribution >= 4 is 39.4 Å². The highest BCUT2D eigenvalue weighted by Gasteiger charge is 2.34. The van der Waals surface area contributed by atoms with Gasteiger partial charge in [0.05, 0.1) is 10.6 Å². The highest BCUT2D eigenvalue weighted by atomic mass is 32.2. The summed E-state index contributed by atoms with van der Waals surface area (Å²) >= 11 is 0. The molecule has 0 radical (unpaired) electrons. The maximum atomic E-state index is 12.5. The van der Waals surface area contributed by atoms with Gasteiger partial charge in [-0.2, -0.15) is 8.42 Å². The van der Waals surface area contributed by atoms with Crippen LogP contribution in [-0.4, -0.2) is 38.9 Å². The average molecular weight is 413 g/mol. The lowest BCUT2D eigenvalue weighted by atomic mass is 10.1. The highest BCUT2D eigenvalue weighted by molar-refractivity contribution is 7.85. The second kappa shape index (κ2) is 7.90. The molecule has 0 saturated carbocycles. The smallest absolute Gasteiger partial charge is 0.294 e. The SMILES string of the molecule is CN(C)c1ccc(/C=C/C=C2\C(=O)NN(c3ccc(S(=O)(=O)O)cc3)C2=O)cc1. The number of carbonyl (C=O) groups excluding carboxylic acids is 2. The van der Waals surface area contributed by atoms with E-state index >= 15 is 0 Å². The number of carbonyl (C=O) groups is 2. The Kier molecular flexibility index (Phi) is 5.53. The first-order chi connectivity index (χ1) is 13.7. The van der Waals surface area contributed by atoms with Gasteiger partial charge in [0.1, 0.15) is 5.57 Å². The molecule has 2 amide bonds. The van der Waals surface area contributed by atoms with Gasteiger partial charge in [-0.3, -0.25) is 19.6 Å². The summed E-state index contributed by atoms with van der Waals surface area (Å²) in [6.07, 6.45) is 4.81. The molecule has 2 aromatic carbocycles. The molecule has 8 nitrogen and oxygen atoms in total. The molecule has 3 rings (SSSR count). The second-order valence-electron chi connectivity index (χ2n) is 6.48. The number of hydrogen-bond acceptors (Lipinski definition) is 5. The van der Waals surface area contributed by atoms with Crippen molar-refractivity contribution < 1.29 is 22.6 Å². The predicted molar refractivity (Wildman–Crippen MR) is 110 cm³/mol. The number of nitrogens with zero attached hydrogens (tertiary/aromatic N) is 2. The molecule has 1 aliphatic rings. The zero-order valence-corrected chi connectivity index (χ0v) is 16.6. The number of anilines is 2. The standard InChI is InChI=1S/C20H19N3O5S/c1-22(2)15-8-6-14(7-9-15)4-3-5-18-19(24)21-23(20(18)25)16-10-12-17(13-11-16)29(26,27)28/h3-13H,1-2H3,(H,21,24)(H,26,27,28)/b4-3+,18-5+. The van der Waals surface area contributed by atoms with E-state index in [1.54, 1.807) is 12.2 Å². The van der Waals surface area contributed by atoms with Gasteiger partial charge in [-0.1, -0.05) is 24.3 Å². The maximum Gasteiger partial charge on any atom is 0.294 e. The summed E-state index contributed by atoms with van der Waals surface area (Å²) in [5, 5.41) is 1.02.